The number of hydrogen-bond donors (Lipinski definition) is 0. The van der Waals surface area contributed by atoms with Crippen molar-refractivity contribution in [2.75, 3.05) is 6.61 Å². The van der Waals surface area contributed by atoms with Gasteiger partial charge in [0.1, 0.15) is 5.82 Å². The molecule has 2 aromatic carbocycles. The second-order valence-electron chi connectivity index (χ2n) is 6.81. The molecule has 0 saturated heterocycles. The van der Waals surface area contributed by atoms with Crippen LogP contribution in [0.5, 0.6) is 0 Å². The Kier molecular flexibility index (Phi) is 6.16. The van der Waals surface area contributed by atoms with Crippen LogP contribution in [0.1, 0.15) is 59.5 Å². The van der Waals surface area contributed by atoms with E-state index in [-0.39, 0.29) is 24.4 Å². The average Bonchev–Trinajstić information content (AvgIpc) is 2.69. The Balaban J connectivity index is 1.51. The highest BCUT2D eigenvalue weighted by Crippen LogP contribution is 2.32. The van der Waals surface area contributed by atoms with Crippen LogP contribution in [0.2, 0.25) is 0 Å². The molecule has 0 N–H and O–H groups in total. The third-order valence-electron chi connectivity index (χ3n) is 4.97. The lowest BCUT2D eigenvalue weighted by atomic mass is 9.84. The minimum Gasteiger partial charge on any atom is -0.457 e. The molecule has 1 fully saturated rings. The van der Waals surface area contributed by atoms with Crippen molar-refractivity contribution in [3.63, 3.8) is 0 Å². The summed E-state index contributed by atoms with van der Waals surface area (Å²) in [6, 6.07) is 13.7. The van der Waals surface area contributed by atoms with Crippen LogP contribution in [0, 0.1) is 5.82 Å². The molecule has 0 heterocycles. The van der Waals surface area contributed by atoms with Crippen LogP contribution in [0.3, 0.4) is 0 Å². The van der Waals surface area contributed by atoms with E-state index in [2.05, 4.69) is 0 Å². The molecule has 0 radical (unpaired) electrons. The lowest BCUT2D eigenvalue weighted by Crippen LogP contribution is -2.16. The number of ketones is 1. The van der Waals surface area contributed by atoms with Crippen molar-refractivity contribution in [3.8, 4) is 0 Å². The fourth-order valence-electron chi connectivity index (χ4n) is 3.45. The first kappa shape index (κ1) is 18.3. The van der Waals surface area contributed by atoms with Gasteiger partial charge < -0.3 is 4.74 Å². The van der Waals surface area contributed by atoms with Crippen molar-refractivity contribution in [2.45, 2.75) is 44.4 Å². The van der Waals surface area contributed by atoms with E-state index in [0.29, 0.717) is 11.5 Å². The zero-order chi connectivity index (χ0) is 18.4. The highest BCUT2D eigenvalue weighted by Gasteiger charge is 2.16. The summed E-state index contributed by atoms with van der Waals surface area (Å²) in [7, 11) is 0. The third kappa shape index (κ3) is 4.78. The summed E-state index contributed by atoms with van der Waals surface area (Å²) in [4.78, 5) is 24.0. The van der Waals surface area contributed by atoms with E-state index in [1.54, 1.807) is 24.3 Å². The van der Waals surface area contributed by atoms with Crippen LogP contribution < -0.4 is 0 Å². The highest BCUT2D eigenvalue weighted by atomic mass is 19.1. The molecule has 0 unspecified atom stereocenters. The summed E-state index contributed by atoms with van der Waals surface area (Å²) in [5.74, 6) is -0.718. The first-order chi connectivity index (χ1) is 12.6. The topological polar surface area (TPSA) is 43.4 Å². The number of ether oxygens (including phenoxy) is 1. The molecule has 0 bridgehead atoms. The first-order valence-electron chi connectivity index (χ1n) is 9.15. The smallest absolute Gasteiger partial charge is 0.310 e. The molecule has 26 heavy (non-hydrogen) atoms. The molecule has 0 aliphatic heterocycles. The number of esters is 1. The standard InChI is InChI=1S/C22H23FO3/c23-20-9-5-4-8-19(20)14-22(25)26-15-21(24)18-12-10-17(11-13-18)16-6-2-1-3-7-16/h4-5,8-13,16H,1-3,6-7,14-15H2. The first-order valence-corrected chi connectivity index (χ1v) is 9.15. The van der Waals surface area contributed by atoms with E-state index >= 15 is 0 Å². The minimum absolute atomic E-state index is 0.180. The molecule has 136 valence electrons. The van der Waals surface area contributed by atoms with Gasteiger partial charge in [0.2, 0.25) is 0 Å². The largest absolute Gasteiger partial charge is 0.457 e. The van der Waals surface area contributed by atoms with E-state index in [4.69, 9.17) is 4.74 Å². The lowest BCUT2D eigenvalue weighted by Gasteiger charge is -2.22. The SMILES string of the molecule is O=C(Cc1ccccc1F)OCC(=O)c1ccc(C2CCCCC2)cc1. The summed E-state index contributed by atoms with van der Waals surface area (Å²) < 4.78 is 18.5. The van der Waals surface area contributed by atoms with E-state index < -0.39 is 11.8 Å². The summed E-state index contributed by atoms with van der Waals surface area (Å²) >= 11 is 0. The number of benzene rings is 2. The molecule has 0 atom stereocenters. The van der Waals surface area contributed by atoms with Crippen LogP contribution in [0.25, 0.3) is 0 Å². The molecule has 1 aliphatic carbocycles. The predicted molar refractivity (Wildman–Crippen MR) is 97.7 cm³/mol. The molecule has 0 spiro atoms. The Morgan fingerprint density at radius 2 is 1.65 bits per heavy atom. The van der Waals surface area contributed by atoms with Gasteiger partial charge in [-0.2, -0.15) is 0 Å². The van der Waals surface area contributed by atoms with Crippen molar-refractivity contribution < 1.29 is 18.7 Å². The Bertz CT molecular complexity index is 761. The summed E-state index contributed by atoms with van der Waals surface area (Å²) in [6.45, 7) is -0.323. The van der Waals surface area contributed by atoms with E-state index in [1.165, 1.54) is 49.8 Å². The van der Waals surface area contributed by atoms with Crippen LogP contribution >= 0.6 is 0 Å². The Morgan fingerprint density at radius 3 is 2.35 bits per heavy atom. The maximum atomic E-state index is 13.5. The van der Waals surface area contributed by atoms with E-state index in [9.17, 15) is 14.0 Å². The molecule has 3 nitrogen and oxygen atoms in total. The Morgan fingerprint density at radius 1 is 0.962 bits per heavy atom. The zero-order valence-electron chi connectivity index (χ0n) is 14.7. The highest BCUT2D eigenvalue weighted by molar-refractivity contribution is 5.98. The van der Waals surface area contributed by atoms with Gasteiger partial charge in [-0.1, -0.05) is 61.7 Å². The number of carbonyl (C=O) groups excluding carboxylic acids is 2. The van der Waals surface area contributed by atoms with Gasteiger partial charge in [0, 0.05) is 5.56 Å². The van der Waals surface area contributed by atoms with Crippen molar-refractivity contribution >= 4 is 11.8 Å². The summed E-state index contributed by atoms with van der Waals surface area (Å²) in [6.07, 6.45) is 6.08. The molecule has 0 aromatic heterocycles. The molecule has 2 aromatic rings. The number of carbonyl (C=O) groups is 2. The lowest BCUT2D eigenvalue weighted by molar-refractivity contribution is -0.141. The van der Waals surface area contributed by atoms with Gasteiger partial charge in [-0.15, -0.1) is 0 Å². The van der Waals surface area contributed by atoms with Crippen LogP contribution in [0.15, 0.2) is 48.5 Å². The fraction of sp³-hybridized carbons (Fsp3) is 0.364. The molecule has 1 saturated carbocycles. The number of rotatable bonds is 6. The van der Waals surface area contributed by atoms with Gasteiger partial charge in [0.05, 0.1) is 6.42 Å². The monoisotopic (exact) mass is 354 g/mol. The number of Topliss-reactive ketones (excluding diaryl/α,β-unsaturated/α-hetero) is 1. The molecule has 1 aliphatic rings. The Labute approximate surface area is 153 Å². The normalized spacial score (nSPS) is 14.8. The zero-order valence-corrected chi connectivity index (χ0v) is 14.7. The summed E-state index contributed by atoms with van der Waals surface area (Å²) in [5, 5.41) is 0. The van der Waals surface area contributed by atoms with E-state index in [0.717, 1.165) is 0 Å². The van der Waals surface area contributed by atoms with Gasteiger partial charge in [0.25, 0.3) is 0 Å². The van der Waals surface area contributed by atoms with Crippen LogP contribution in [-0.2, 0) is 16.0 Å². The Hall–Kier alpha value is -2.49. The minimum atomic E-state index is -0.609. The van der Waals surface area contributed by atoms with Crippen molar-refractivity contribution in [3.05, 3.63) is 71.0 Å². The predicted octanol–water partition coefficient (Wildman–Crippen LogP) is 4.84. The fourth-order valence-corrected chi connectivity index (χ4v) is 3.45. The maximum absolute atomic E-state index is 13.5. The van der Waals surface area contributed by atoms with Gasteiger partial charge >= 0.3 is 5.97 Å². The number of halogens is 1. The van der Waals surface area contributed by atoms with Gasteiger partial charge in [-0.3, -0.25) is 9.59 Å². The van der Waals surface area contributed by atoms with Crippen molar-refractivity contribution in [1.29, 1.82) is 0 Å². The summed E-state index contributed by atoms with van der Waals surface area (Å²) in [5.41, 5.74) is 2.07. The second kappa shape index (κ2) is 8.75. The maximum Gasteiger partial charge on any atom is 0.310 e. The van der Waals surface area contributed by atoms with Gasteiger partial charge in [0.15, 0.2) is 12.4 Å². The van der Waals surface area contributed by atoms with Crippen molar-refractivity contribution in [1.82, 2.24) is 0 Å². The molecule has 3 rings (SSSR count). The van der Waals surface area contributed by atoms with Crippen LogP contribution in [0.4, 0.5) is 4.39 Å². The quantitative estimate of drug-likeness (QED) is 0.550. The number of hydrogen-bond acceptors (Lipinski definition) is 3. The second-order valence-corrected chi connectivity index (χ2v) is 6.81. The van der Waals surface area contributed by atoms with Crippen LogP contribution in [-0.4, -0.2) is 18.4 Å². The molecule has 0 amide bonds. The van der Waals surface area contributed by atoms with E-state index in [1.807, 2.05) is 12.1 Å². The van der Waals surface area contributed by atoms with Gasteiger partial charge in [-0.25, -0.2) is 4.39 Å². The molecular formula is C22H23FO3. The third-order valence-corrected chi connectivity index (χ3v) is 4.97. The average molecular weight is 354 g/mol. The van der Waals surface area contributed by atoms with Crippen molar-refractivity contribution in [2.24, 2.45) is 0 Å². The van der Waals surface area contributed by atoms with Gasteiger partial charge in [-0.05, 0) is 36.0 Å². The molecule has 4 heteroatoms. The molecular weight excluding hydrogens is 331 g/mol.